The summed E-state index contributed by atoms with van der Waals surface area (Å²) in [4.78, 5) is 15.2. The van der Waals surface area contributed by atoms with Gasteiger partial charge in [0.25, 0.3) is 0 Å². The van der Waals surface area contributed by atoms with E-state index in [0.717, 1.165) is 32.5 Å². The summed E-state index contributed by atoms with van der Waals surface area (Å²) >= 11 is 0. The highest BCUT2D eigenvalue weighted by atomic mass is 16.5. The first-order valence-electron chi connectivity index (χ1n) is 8.34. The number of hydrogen-bond donors (Lipinski definition) is 1. The fourth-order valence-electron chi connectivity index (χ4n) is 5.13. The van der Waals surface area contributed by atoms with Crippen molar-refractivity contribution in [3.8, 4) is 0 Å². The van der Waals surface area contributed by atoms with E-state index < -0.39 is 0 Å². The van der Waals surface area contributed by atoms with Crippen LogP contribution in [0.15, 0.2) is 30.3 Å². The van der Waals surface area contributed by atoms with E-state index in [4.69, 9.17) is 4.74 Å². The van der Waals surface area contributed by atoms with Crippen molar-refractivity contribution < 1.29 is 9.53 Å². The number of carbonyl (C=O) groups is 1. The summed E-state index contributed by atoms with van der Waals surface area (Å²) in [6, 6.07) is 11.5. The maximum atomic E-state index is 12.7. The molecule has 4 rings (SSSR count). The summed E-state index contributed by atoms with van der Waals surface area (Å²) < 4.78 is 5.24. The zero-order chi connectivity index (χ0) is 15.2. The number of carbonyl (C=O) groups excluding carboxylic acids is 1. The van der Waals surface area contributed by atoms with Gasteiger partial charge in [0.2, 0.25) is 0 Å². The molecule has 4 atom stereocenters. The molecular formula is C18H24N2O2. The molecule has 2 bridgehead atoms. The molecule has 3 aliphatic heterocycles. The maximum absolute atomic E-state index is 12.7. The minimum atomic E-state index is -0.337. The van der Waals surface area contributed by atoms with Crippen LogP contribution in [0.2, 0.25) is 0 Å². The van der Waals surface area contributed by atoms with E-state index in [1.807, 2.05) is 0 Å². The molecule has 118 valence electrons. The van der Waals surface area contributed by atoms with Gasteiger partial charge < -0.3 is 10.1 Å². The third-order valence-electron chi connectivity index (χ3n) is 6.10. The molecule has 1 N–H and O–H groups in total. The lowest BCUT2D eigenvalue weighted by Crippen LogP contribution is -2.59. The predicted molar refractivity (Wildman–Crippen MR) is 84.2 cm³/mol. The van der Waals surface area contributed by atoms with Crippen LogP contribution in [-0.2, 0) is 16.1 Å². The molecule has 0 aromatic heterocycles. The van der Waals surface area contributed by atoms with E-state index in [9.17, 15) is 4.79 Å². The molecule has 3 saturated heterocycles. The lowest BCUT2D eigenvalue weighted by atomic mass is 9.68. The van der Waals surface area contributed by atoms with Gasteiger partial charge in [-0.3, -0.25) is 9.69 Å². The molecule has 3 aliphatic rings. The van der Waals surface area contributed by atoms with Gasteiger partial charge >= 0.3 is 5.97 Å². The SMILES string of the molecule is COC(=O)C12CNCC1C[C@H]1CCC2N1Cc1ccccc1. The minimum absolute atomic E-state index is 0.00842. The lowest BCUT2D eigenvalue weighted by molar-refractivity contribution is -0.163. The van der Waals surface area contributed by atoms with Crippen molar-refractivity contribution >= 4 is 5.97 Å². The number of nitrogens with one attached hydrogen (secondary N) is 1. The highest BCUT2D eigenvalue weighted by Crippen LogP contribution is 2.52. The van der Waals surface area contributed by atoms with Crippen molar-refractivity contribution in [3.05, 3.63) is 35.9 Å². The van der Waals surface area contributed by atoms with E-state index in [1.165, 1.54) is 19.1 Å². The monoisotopic (exact) mass is 300 g/mol. The molecule has 0 aliphatic carbocycles. The molecule has 1 aromatic rings. The first-order chi connectivity index (χ1) is 10.8. The largest absolute Gasteiger partial charge is 0.468 e. The van der Waals surface area contributed by atoms with Crippen LogP contribution >= 0.6 is 0 Å². The van der Waals surface area contributed by atoms with E-state index in [2.05, 4.69) is 40.5 Å². The molecule has 3 heterocycles. The van der Waals surface area contributed by atoms with Crippen LogP contribution in [0, 0.1) is 11.3 Å². The Labute approximate surface area is 131 Å². The van der Waals surface area contributed by atoms with Crippen molar-refractivity contribution in [2.45, 2.75) is 37.9 Å². The highest BCUT2D eigenvalue weighted by molar-refractivity contribution is 5.79. The molecule has 4 nitrogen and oxygen atoms in total. The van der Waals surface area contributed by atoms with Crippen LogP contribution in [0.3, 0.4) is 0 Å². The number of esters is 1. The topological polar surface area (TPSA) is 41.6 Å². The number of ether oxygens (including phenoxy) is 1. The first-order valence-corrected chi connectivity index (χ1v) is 8.34. The van der Waals surface area contributed by atoms with Crippen molar-refractivity contribution in [1.82, 2.24) is 10.2 Å². The van der Waals surface area contributed by atoms with Crippen molar-refractivity contribution in [1.29, 1.82) is 0 Å². The Morgan fingerprint density at radius 1 is 1.36 bits per heavy atom. The van der Waals surface area contributed by atoms with Gasteiger partial charge in [0.15, 0.2) is 0 Å². The fourth-order valence-corrected chi connectivity index (χ4v) is 5.13. The summed E-state index contributed by atoms with van der Waals surface area (Å²) in [5.41, 5.74) is 1.00. The average molecular weight is 300 g/mol. The van der Waals surface area contributed by atoms with Crippen molar-refractivity contribution in [3.63, 3.8) is 0 Å². The van der Waals surface area contributed by atoms with Gasteiger partial charge in [-0.2, -0.15) is 0 Å². The fraction of sp³-hybridized carbons (Fsp3) is 0.611. The second-order valence-electron chi connectivity index (χ2n) is 7.00. The normalized spacial score (nSPS) is 37.0. The maximum Gasteiger partial charge on any atom is 0.315 e. The Kier molecular flexibility index (Phi) is 3.46. The lowest BCUT2D eigenvalue weighted by Gasteiger charge is -2.48. The summed E-state index contributed by atoms with van der Waals surface area (Å²) in [6.07, 6.45) is 3.45. The van der Waals surface area contributed by atoms with Gasteiger partial charge in [0.05, 0.1) is 12.5 Å². The molecule has 3 unspecified atom stereocenters. The molecule has 0 radical (unpaired) electrons. The van der Waals surface area contributed by atoms with Crippen molar-refractivity contribution in [2.24, 2.45) is 11.3 Å². The van der Waals surface area contributed by atoms with E-state index >= 15 is 0 Å². The highest BCUT2D eigenvalue weighted by Gasteiger charge is 2.62. The average Bonchev–Trinajstić information content (AvgIpc) is 3.11. The predicted octanol–water partition coefficient (Wildman–Crippen LogP) is 1.80. The van der Waals surface area contributed by atoms with E-state index in [1.54, 1.807) is 0 Å². The Hall–Kier alpha value is -1.39. The van der Waals surface area contributed by atoms with Gasteiger partial charge in [-0.1, -0.05) is 30.3 Å². The summed E-state index contributed by atoms with van der Waals surface area (Å²) in [5, 5.41) is 3.46. The minimum Gasteiger partial charge on any atom is -0.468 e. The molecule has 3 fully saturated rings. The summed E-state index contributed by atoms with van der Waals surface area (Å²) in [6.45, 7) is 2.68. The smallest absolute Gasteiger partial charge is 0.315 e. The number of rotatable bonds is 3. The molecular weight excluding hydrogens is 276 g/mol. The van der Waals surface area contributed by atoms with Gasteiger partial charge in [0.1, 0.15) is 0 Å². The standard InChI is InChI=1S/C18H24N2O2/c1-22-17(21)18-12-19-10-14(18)9-15-7-8-16(18)20(15)11-13-5-3-2-4-6-13/h2-6,14-16,19H,7-12H2,1H3/t14?,15-,16?,18?/m1/s1. The van der Waals surface area contributed by atoms with Crippen LogP contribution in [0.5, 0.6) is 0 Å². The number of benzene rings is 1. The number of hydrogen-bond acceptors (Lipinski definition) is 4. The molecule has 0 amide bonds. The van der Waals surface area contributed by atoms with Gasteiger partial charge in [-0.15, -0.1) is 0 Å². The molecule has 0 saturated carbocycles. The van der Waals surface area contributed by atoms with Crippen LogP contribution in [0.4, 0.5) is 0 Å². The van der Waals surface area contributed by atoms with Crippen LogP contribution in [0.1, 0.15) is 24.8 Å². The second-order valence-corrected chi connectivity index (χ2v) is 7.00. The Bertz CT molecular complexity index is 561. The number of nitrogens with zero attached hydrogens (tertiary/aromatic N) is 1. The van der Waals surface area contributed by atoms with Gasteiger partial charge in [-0.05, 0) is 37.3 Å². The third-order valence-corrected chi connectivity index (χ3v) is 6.10. The van der Waals surface area contributed by atoms with Crippen LogP contribution in [0.25, 0.3) is 0 Å². The van der Waals surface area contributed by atoms with E-state index in [-0.39, 0.29) is 11.4 Å². The number of fused-ring (bicyclic) bond motifs is 4. The van der Waals surface area contributed by atoms with Crippen LogP contribution < -0.4 is 5.32 Å². The second kappa shape index (κ2) is 5.36. The first kappa shape index (κ1) is 14.2. The summed E-state index contributed by atoms with van der Waals surface area (Å²) in [7, 11) is 1.54. The Morgan fingerprint density at radius 3 is 2.95 bits per heavy atom. The van der Waals surface area contributed by atoms with Crippen molar-refractivity contribution in [2.75, 3.05) is 20.2 Å². The third kappa shape index (κ3) is 1.94. The Morgan fingerprint density at radius 2 is 2.18 bits per heavy atom. The molecule has 22 heavy (non-hydrogen) atoms. The zero-order valence-corrected chi connectivity index (χ0v) is 13.1. The quantitative estimate of drug-likeness (QED) is 0.864. The van der Waals surface area contributed by atoms with E-state index in [0.29, 0.717) is 18.0 Å². The van der Waals surface area contributed by atoms with Gasteiger partial charge in [-0.25, -0.2) is 0 Å². The number of methoxy groups -OCH3 is 1. The summed E-state index contributed by atoms with van der Waals surface area (Å²) in [5.74, 6) is 0.426. The Balaban J connectivity index is 1.66. The van der Waals surface area contributed by atoms with Gasteiger partial charge in [0, 0.05) is 25.2 Å². The molecule has 0 spiro atoms. The molecule has 4 heteroatoms. The zero-order valence-electron chi connectivity index (χ0n) is 13.1. The molecule has 1 aromatic carbocycles. The number of piperidine rings is 1. The van der Waals surface area contributed by atoms with Crippen LogP contribution in [-0.4, -0.2) is 43.2 Å².